The van der Waals surface area contributed by atoms with Gasteiger partial charge in [-0.1, -0.05) is 60.2 Å². The molecule has 2 N–H and O–H groups in total. The number of amides is 1. The van der Waals surface area contributed by atoms with Gasteiger partial charge in [-0.25, -0.2) is 0 Å². The van der Waals surface area contributed by atoms with Gasteiger partial charge in [-0.05, 0) is 36.2 Å². The lowest BCUT2D eigenvalue weighted by atomic mass is 9.70. The summed E-state index contributed by atoms with van der Waals surface area (Å²) in [6.45, 7) is 2.03. The molecule has 0 bridgehead atoms. The average Bonchev–Trinajstić information content (AvgIpc) is 2.89. The lowest BCUT2D eigenvalue weighted by Gasteiger charge is -2.29. The molecule has 1 aliphatic heterocycles. The molecule has 0 spiro atoms. The number of benzene rings is 3. The Bertz CT molecular complexity index is 866. The van der Waals surface area contributed by atoms with Gasteiger partial charge in [-0.15, -0.1) is 0 Å². The van der Waals surface area contributed by atoms with E-state index in [1.807, 2.05) is 67.6 Å². The van der Waals surface area contributed by atoms with Gasteiger partial charge < -0.3 is 10.4 Å². The first-order valence-electron chi connectivity index (χ1n) is 7.90. The summed E-state index contributed by atoms with van der Waals surface area (Å²) in [7, 11) is 0. The smallest absolute Gasteiger partial charge is 0.244 e. The van der Waals surface area contributed by atoms with Crippen molar-refractivity contribution in [1.29, 1.82) is 0 Å². The number of anilines is 1. The van der Waals surface area contributed by atoms with Crippen LogP contribution in [0.2, 0.25) is 0 Å². The summed E-state index contributed by atoms with van der Waals surface area (Å²) in [6, 6.07) is 22.7. The van der Waals surface area contributed by atoms with Gasteiger partial charge in [0.05, 0.1) is 0 Å². The Balaban J connectivity index is 2.06. The molecule has 3 aromatic rings. The number of hydrogen-bond acceptors (Lipinski definition) is 2. The number of rotatable bonds is 2. The molecule has 0 aromatic heterocycles. The third-order valence-corrected chi connectivity index (χ3v) is 4.70. The number of fused-ring (bicyclic) bond motifs is 1. The lowest BCUT2D eigenvalue weighted by molar-refractivity contribution is -0.118. The van der Waals surface area contributed by atoms with Crippen LogP contribution in [0.15, 0.2) is 72.8 Å². The summed E-state index contributed by atoms with van der Waals surface area (Å²) < 4.78 is 0. The zero-order valence-electron chi connectivity index (χ0n) is 13.3. The largest absolute Gasteiger partial charge is 0.508 e. The van der Waals surface area contributed by atoms with Gasteiger partial charge in [-0.2, -0.15) is 0 Å². The Morgan fingerprint density at radius 1 is 0.833 bits per heavy atom. The van der Waals surface area contributed by atoms with Crippen molar-refractivity contribution in [2.75, 3.05) is 5.32 Å². The van der Waals surface area contributed by atoms with E-state index in [0.29, 0.717) is 0 Å². The molecule has 1 atom stereocenters. The minimum atomic E-state index is -0.905. The third-order valence-electron chi connectivity index (χ3n) is 4.70. The second kappa shape index (κ2) is 5.24. The number of carbonyl (C=O) groups excluding carboxylic acids is 1. The van der Waals surface area contributed by atoms with E-state index in [2.05, 4.69) is 5.32 Å². The first kappa shape index (κ1) is 14.5. The maximum atomic E-state index is 13.2. The third kappa shape index (κ3) is 1.95. The number of para-hydroxylation sites is 1. The summed E-state index contributed by atoms with van der Waals surface area (Å²) in [6.07, 6.45) is 0. The van der Waals surface area contributed by atoms with E-state index in [1.54, 1.807) is 12.1 Å². The topological polar surface area (TPSA) is 49.3 Å². The molecule has 1 amide bonds. The summed E-state index contributed by atoms with van der Waals surface area (Å²) in [5.41, 5.74) is 3.76. The van der Waals surface area contributed by atoms with Gasteiger partial charge >= 0.3 is 0 Å². The second-order valence-corrected chi connectivity index (χ2v) is 6.16. The molecule has 24 heavy (non-hydrogen) atoms. The Hall–Kier alpha value is -3.07. The van der Waals surface area contributed by atoms with Crippen molar-refractivity contribution in [2.45, 2.75) is 12.3 Å². The molecule has 0 saturated carbocycles. The van der Waals surface area contributed by atoms with Crippen LogP contribution in [0.1, 0.15) is 22.3 Å². The van der Waals surface area contributed by atoms with Gasteiger partial charge in [0.2, 0.25) is 5.91 Å². The average molecular weight is 315 g/mol. The van der Waals surface area contributed by atoms with Crippen LogP contribution in [-0.2, 0) is 10.2 Å². The highest BCUT2D eigenvalue weighted by molar-refractivity contribution is 6.11. The molecule has 3 heteroatoms. The van der Waals surface area contributed by atoms with E-state index in [1.165, 1.54) is 0 Å². The fourth-order valence-electron chi connectivity index (χ4n) is 3.51. The number of carbonyl (C=O) groups is 1. The molecule has 1 heterocycles. The summed E-state index contributed by atoms with van der Waals surface area (Å²) >= 11 is 0. The van der Waals surface area contributed by atoms with Crippen LogP contribution in [0.4, 0.5) is 5.69 Å². The monoisotopic (exact) mass is 315 g/mol. The first-order valence-corrected chi connectivity index (χ1v) is 7.90. The molecule has 3 nitrogen and oxygen atoms in total. The minimum absolute atomic E-state index is 0.0711. The van der Waals surface area contributed by atoms with E-state index in [0.717, 1.165) is 27.9 Å². The van der Waals surface area contributed by atoms with Crippen LogP contribution >= 0.6 is 0 Å². The summed E-state index contributed by atoms with van der Waals surface area (Å²) in [5, 5.41) is 12.7. The van der Waals surface area contributed by atoms with Crippen LogP contribution < -0.4 is 5.32 Å². The minimum Gasteiger partial charge on any atom is -0.508 e. The molecule has 0 saturated heterocycles. The Labute approximate surface area is 140 Å². The number of nitrogens with one attached hydrogen (secondary N) is 1. The zero-order chi connectivity index (χ0) is 16.7. The fourth-order valence-corrected chi connectivity index (χ4v) is 3.51. The SMILES string of the molecule is Cc1ccc(C2(c3ccc(O)cc3)C(=O)Nc3ccccc32)cc1. The van der Waals surface area contributed by atoms with E-state index in [4.69, 9.17) is 0 Å². The number of aromatic hydroxyl groups is 1. The van der Waals surface area contributed by atoms with Crippen LogP contribution in [0.5, 0.6) is 5.75 Å². The molecule has 3 aromatic carbocycles. The quantitative estimate of drug-likeness (QED) is 0.751. The van der Waals surface area contributed by atoms with Crippen molar-refractivity contribution >= 4 is 11.6 Å². The number of phenolic OH excluding ortho intramolecular Hbond substituents is 1. The predicted octanol–water partition coefficient (Wildman–Crippen LogP) is 3.99. The lowest BCUT2D eigenvalue weighted by Crippen LogP contribution is -2.36. The van der Waals surface area contributed by atoms with Gasteiger partial charge in [0.25, 0.3) is 0 Å². The van der Waals surface area contributed by atoms with Gasteiger partial charge in [0.15, 0.2) is 0 Å². The molecular formula is C21H17NO2. The number of aryl methyl sites for hydroxylation is 1. The highest BCUT2D eigenvalue weighted by Gasteiger charge is 2.49. The maximum Gasteiger partial charge on any atom is 0.244 e. The van der Waals surface area contributed by atoms with E-state index < -0.39 is 5.41 Å². The maximum absolute atomic E-state index is 13.2. The summed E-state index contributed by atoms with van der Waals surface area (Å²) in [4.78, 5) is 13.2. The Morgan fingerprint density at radius 2 is 1.42 bits per heavy atom. The standard InChI is InChI=1S/C21H17NO2/c1-14-6-8-15(9-7-14)21(16-10-12-17(23)13-11-16)18-4-2-3-5-19(18)22-20(21)24/h2-13,23H,1H3,(H,22,24). The van der Waals surface area contributed by atoms with Gasteiger partial charge in [-0.3, -0.25) is 4.79 Å². The fraction of sp³-hybridized carbons (Fsp3) is 0.0952. The van der Waals surface area contributed by atoms with Crippen LogP contribution in [-0.4, -0.2) is 11.0 Å². The second-order valence-electron chi connectivity index (χ2n) is 6.16. The molecule has 0 fully saturated rings. The zero-order valence-corrected chi connectivity index (χ0v) is 13.3. The van der Waals surface area contributed by atoms with E-state index >= 15 is 0 Å². The normalized spacial score (nSPS) is 19.0. The molecule has 4 rings (SSSR count). The molecule has 1 unspecified atom stereocenters. The molecule has 0 aliphatic carbocycles. The molecular weight excluding hydrogens is 298 g/mol. The molecule has 118 valence electrons. The summed E-state index contributed by atoms with van der Waals surface area (Å²) in [5.74, 6) is 0.114. The van der Waals surface area contributed by atoms with Crippen LogP contribution in [0.3, 0.4) is 0 Å². The Morgan fingerprint density at radius 3 is 2.08 bits per heavy atom. The van der Waals surface area contributed by atoms with Crippen LogP contribution in [0, 0.1) is 6.92 Å². The van der Waals surface area contributed by atoms with Crippen molar-refractivity contribution in [3.8, 4) is 5.75 Å². The number of phenols is 1. The van der Waals surface area contributed by atoms with E-state index in [-0.39, 0.29) is 11.7 Å². The highest BCUT2D eigenvalue weighted by atomic mass is 16.3. The highest BCUT2D eigenvalue weighted by Crippen LogP contribution is 2.47. The van der Waals surface area contributed by atoms with Crippen molar-refractivity contribution in [1.82, 2.24) is 0 Å². The number of hydrogen-bond donors (Lipinski definition) is 2. The molecule has 1 aliphatic rings. The first-order chi connectivity index (χ1) is 11.6. The Kier molecular flexibility index (Phi) is 3.17. The predicted molar refractivity (Wildman–Crippen MR) is 94.2 cm³/mol. The van der Waals surface area contributed by atoms with E-state index in [9.17, 15) is 9.90 Å². The van der Waals surface area contributed by atoms with Crippen molar-refractivity contribution in [2.24, 2.45) is 0 Å². The van der Waals surface area contributed by atoms with Crippen molar-refractivity contribution < 1.29 is 9.90 Å². The van der Waals surface area contributed by atoms with Crippen LogP contribution in [0.25, 0.3) is 0 Å². The van der Waals surface area contributed by atoms with Crippen molar-refractivity contribution in [3.63, 3.8) is 0 Å². The van der Waals surface area contributed by atoms with Gasteiger partial charge in [0, 0.05) is 11.3 Å². The van der Waals surface area contributed by atoms with Crippen molar-refractivity contribution in [3.05, 3.63) is 95.1 Å². The van der Waals surface area contributed by atoms with Gasteiger partial charge in [0.1, 0.15) is 11.2 Å². The molecule has 0 radical (unpaired) electrons.